The molecule has 2 aliphatic heterocycles. The molecule has 3 aromatic rings. The van der Waals surface area contributed by atoms with Gasteiger partial charge in [-0.3, -0.25) is 23.9 Å². The van der Waals surface area contributed by atoms with E-state index in [1.807, 2.05) is 0 Å². The topological polar surface area (TPSA) is 260 Å². The minimum Gasteiger partial charge on any atom is -0.395 e. The average molecular weight is 1300 g/mol. The number of halogens is 4. The summed E-state index contributed by atoms with van der Waals surface area (Å²) in [6.45, 7) is 36.8. The van der Waals surface area contributed by atoms with Crippen LogP contribution < -0.4 is 32.3 Å². The summed E-state index contributed by atoms with van der Waals surface area (Å²) in [4.78, 5) is 53.6. The lowest BCUT2D eigenvalue weighted by Gasteiger charge is -2.28. The second-order valence-electron chi connectivity index (χ2n) is 23.8. The van der Waals surface area contributed by atoms with Gasteiger partial charge in [0.15, 0.2) is 17.5 Å². The normalized spacial score (nSPS) is 13.8. The number of aliphatic hydroxyl groups is 2. The van der Waals surface area contributed by atoms with E-state index in [9.17, 15) is 36.7 Å². The number of benzene rings is 1. The van der Waals surface area contributed by atoms with Crippen molar-refractivity contribution in [3.05, 3.63) is 93.5 Å². The highest BCUT2D eigenvalue weighted by atomic mass is 19.2. The van der Waals surface area contributed by atoms with Crippen LogP contribution in [0.3, 0.4) is 0 Å². The second kappa shape index (κ2) is 57.6. The van der Waals surface area contributed by atoms with Crippen LogP contribution in [0.2, 0.25) is 0 Å². The summed E-state index contributed by atoms with van der Waals surface area (Å²) >= 11 is 0. The minimum atomic E-state index is -0.939. The number of primary amides is 1. The molecule has 4 heterocycles. The Balaban J connectivity index is -0.000000494. The number of hydrogen-bond acceptors (Lipinski definition) is 12. The zero-order valence-corrected chi connectivity index (χ0v) is 58.9. The maximum Gasteiger partial charge on any atom is 0.342 e. The fourth-order valence-electron chi connectivity index (χ4n) is 7.84. The molecule has 0 radical (unpaired) electrons. The van der Waals surface area contributed by atoms with Gasteiger partial charge in [-0.2, -0.15) is 14.9 Å². The molecule has 7 rings (SSSR count). The van der Waals surface area contributed by atoms with Gasteiger partial charge >= 0.3 is 6.03 Å². The number of rotatable bonds is 14. The van der Waals surface area contributed by atoms with Crippen LogP contribution in [-0.2, 0) is 56.8 Å². The van der Waals surface area contributed by atoms with Crippen molar-refractivity contribution in [1.29, 1.82) is 0 Å². The molecule has 0 unspecified atom stereocenters. The first-order valence-corrected chi connectivity index (χ1v) is 32.1. The molecule has 5 amide bonds. The molecule has 0 spiro atoms. The Bertz CT molecular complexity index is 2450. The van der Waals surface area contributed by atoms with Crippen LogP contribution >= 0.6 is 0 Å². The van der Waals surface area contributed by atoms with Crippen molar-refractivity contribution < 1.29 is 56.5 Å². The number of likely N-dealkylation sites (N-methyl/N-ethyl adjacent to an activating group) is 1. The molecule has 524 valence electrons. The molecule has 0 saturated carbocycles. The molecular weight excluding hydrogens is 1170 g/mol. The van der Waals surface area contributed by atoms with E-state index in [1.54, 1.807) is 25.2 Å². The number of ether oxygens (including phenoxy) is 1. The Hall–Kier alpha value is -6.27. The van der Waals surface area contributed by atoms with Crippen molar-refractivity contribution in [2.75, 3.05) is 80.2 Å². The fraction of sp³-hybridized carbons (Fsp3) is 0.662. The van der Waals surface area contributed by atoms with Crippen LogP contribution in [-0.4, -0.2) is 146 Å². The molecule has 1 fully saturated rings. The molecule has 9 N–H and O–H groups in total. The number of fused-ring (bicyclic) bond motifs is 2. The predicted molar refractivity (Wildman–Crippen MR) is 363 cm³/mol. The van der Waals surface area contributed by atoms with Crippen LogP contribution in [0.4, 0.5) is 22.4 Å². The summed E-state index contributed by atoms with van der Waals surface area (Å²) in [5.74, 6) is -1.05. The van der Waals surface area contributed by atoms with Crippen molar-refractivity contribution in [3.8, 4) is 11.3 Å². The van der Waals surface area contributed by atoms with Gasteiger partial charge in [-0.25, -0.2) is 22.4 Å². The number of nitrogens with one attached hydrogen (secondary N) is 5. The lowest BCUT2D eigenvalue weighted by atomic mass is 9.90. The van der Waals surface area contributed by atoms with Crippen molar-refractivity contribution >= 4 is 30.7 Å². The molecule has 19 nitrogen and oxygen atoms in total. The van der Waals surface area contributed by atoms with E-state index in [4.69, 9.17) is 30.6 Å². The molecule has 0 bridgehead atoms. The number of nitrogens with zero attached hydrogens (tertiary/aromatic N) is 5. The number of amides is 5. The first kappa shape index (κ1) is 91.1. The van der Waals surface area contributed by atoms with Crippen molar-refractivity contribution in [2.45, 2.75) is 193 Å². The largest absolute Gasteiger partial charge is 0.395 e. The zero-order chi connectivity index (χ0) is 70.4. The molecule has 91 heavy (non-hydrogen) atoms. The van der Waals surface area contributed by atoms with Crippen LogP contribution in [0.15, 0.2) is 53.7 Å². The Morgan fingerprint density at radius 1 is 0.747 bits per heavy atom. The van der Waals surface area contributed by atoms with Crippen LogP contribution in [0.1, 0.15) is 195 Å². The number of hydrogen-bond donors (Lipinski definition) is 8. The minimum absolute atomic E-state index is 0.0382. The number of unbranched alkanes of at least 4 members (excludes halogenated alkanes) is 1. The van der Waals surface area contributed by atoms with E-state index in [1.165, 1.54) is 92.2 Å². The van der Waals surface area contributed by atoms with Gasteiger partial charge in [-0.1, -0.05) is 107 Å². The van der Waals surface area contributed by atoms with Gasteiger partial charge in [0, 0.05) is 61.9 Å². The highest BCUT2D eigenvalue weighted by molar-refractivity contribution is 5.80. The van der Waals surface area contributed by atoms with E-state index < -0.39 is 29.3 Å². The van der Waals surface area contributed by atoms with Gasteiger partial charge in [0.25, 0.3) is 0 Å². The maximum absolute atomic E-state index is 13.5. The average Bonchev–Trinajstić information content (AvgIpc) is 1.69. The van der Waals surface area contributed by atoms with E-state index in [-0.39, 0.29) is 51.2 Å². The lowest BCUT2D eigenvalue weighted by Crippen LogP contribution is -2.34. The molecule has 4 aliphatic rings. The van der Waals surface area contributed by atoms with Gasteiger partial charge in [0.1, 0.15) is 5.83 Å². The van der Waals surface area contributed by atoms with Crippen molar-refractivity contribution in [3.63, 3.8) is 0 Å². The van der Waals surface area contributed by atoms with Gasteiger partial charge in [0.05, 0.1) is 56.6 Å². The summed E-state index contributed by atoms with van der Waals surface area (Å²) in [6, 6.07) is 3.20. The van der Waals surface area contributed by atoms with Gasteiger partial charge in [-0.05, 0) is 154 Å². The third kappa shape index (κ3) is 47.3. The van der Waals surface area contributed by atoms with Gasteiger partial charge < -0.3 is 52.2 Å². The SMILES string of the molecule is C=C/C(F)=C(\C)F.CC(C)C.CC(C)C.CC(C)C.CC1=C(C)CCCC1.CCCC.CN1CCC(c2nn(C)c3c2COCC3)CC1.CNC=O.CNCC(N)=O.O=C(NCCO)n1nc(-c2ccc(F)c(F)c2)c2c1CCCC2.O=CNCC(=O)NCCO. The molecule has 2 aromatic heterocycles. The number of carbonyl (C=O) groups excluding carboxylic acids is 5. The number of aromatic nitrogens is 4. The number of allylic oxidation sites excluding steroid dienone is 5. The Morgan fingerprint density at radius 3 is 1.66 bits per heavy atom. The number of aryl methyl sites for hydroxylation is 1. The Morgan fingerprint density at radius 2 is 1.25 bits per heavy atom. The first-order valence-electron chi connectivity index (χ1n) is 32.1. The first-order chi connectivity index (χ1) is 43.0. The van der Waals surface area contributed by atoms with E-state index in [0.717, 1.165) is 93.0 Å². The quantitative estimate of drug-likeness (QED) is 0.0324. The standard InChI is InChI=1S/C16H17F2N3O2.C13H21N3O.C8H14.C5H6F2.C5H10N2O3.4C4H10.C3H8N2O.C2H5NO/c17-12-6-5-10(9-13(12)18)15-11-3-1-2-4-14(11)21(20-15)16(23)19-7-8-22;1-15-6-3-10(4-7-15)13-11-9-17-8-5-12(11)16(2)14-13;1-7-5-3-4-6-8(7)2;1-3-5(7)4(2)6;8-2-1-7-5(10)3-6-4-9;3*1-4(2)3;1-3-4-2;1-5-2-3(4)6;1-3-2-4/h5-6,9,22H,1-4,7-8H2,(H,19,23);10H,3-9H2,1-2H3;3-6H2,1-2H3;3H,1H2,2H3;4,8H,1-3H2,(H,6,9)(H,7,10);3*4H,1-3H3;3-4H2,1-2H3;5H,2H2,1H3,(H2,4,6);2H,1H3,(H,3,4)/b;;;5-4-;;;;;;;. The smallest absolute Gasteiger partial charge is 0.342 e. The molecular formula is C68H121F4N11O8. The zero-order valence-electron chi connectivity index (χ0n) is 58.9. The Kier molecular flexibility index (Phi) is 57.7. The number of aliphatic hydroxyl groups excluding tert-OH is 2. The van der Waals surface area contributed by atoms with Crippen molar-refractivity contribution in [1.82, 2.24) is 51.0 Å². The molecule has 23 heteroatoms. The van der Waals surface area contributed by atoms with Crippen LogP contribution in [0, 0.1) is 29.4 Å². The van der Waals surface area contributed by atoms with Crippen LogP contribution in [0.25, 0.3) is 11.3 Å². The highest BCUT2D eigenvalue weighted by Crippen LogP contribution is 2.34. The third-order valence-corrected chi connectivity index (χ3v) is 12.4. The van der Waals surface area contributed by atoms with Gasteiger partial charge in [0.2, 0.25) is 24.6 Å². The Labute approximate surface area is 544 Å². The molecule has 2 aliphatic carbocycles. The fourth-order valence-corrected chi connectivity index (χ4v) is 7.84. The number of carbonyl (C=O) groups is 5. The van der Waals surface area contributed by atoms with Crippen LogP contribution in [0.5, 0.6) is 0 Å². The second-order valence-corrected chi connectivity index (χ2v) is 23.8. The van der Waals surface area contributed by atoms with E-state index in [2.05, 4.69) is 152 Å². The van der Waals surface area contributed by atoms with Gasteiger partial charge in [-0.15, -0.1) is 0 Å². The molecule has 1 aromatic carbocycles. The summed E-state index contributed by atoms with van der Waals surface area (Å²) in [5, 5.41) is 38.1. The maximum atomic E-state index is 13.5. The summed E-state index contributed by atoms with van der Waals surface area (Å²) in [7, 11) is 7.51. The summed E-state index contributed by atoms with van der Waals surface area (Å²) < 4.78 is 58.8. The number of likely N-dealkylation sites (tertiary alicyclic amines) is 1. The monoisotopic (exact) mass is 1300 g/mol. The third-order valence-electron chi connectivity index (χ3n) is 12.4. The summed E-state index contributed by atoms with van der Waals surface area (Å²) in [5.41, 5.74) is 14.7. The van der Waals surface area contributed by atoms with E-state index >= 15 is 0 Å². The molecule has 1 saturated heterocycles. The number of nitrogens with two attached hydrogens (primary N) is 1. The summed E-state index contributed by atoms with van der Waals surface area (Å²) in [6.07, 6.45) is 16.9. The lowest BCUT2D eigenvalue weighted by molar-refractivity contribution is -0.122. The highest BCUT2D eigenvalue weighted by Gasteiger charge is 2.28. The van der Waals surface area contributed by atoms with Crippen molar-refractivity contribution in [2.24, 2.45) is 30.5 Å². The number of piperidine rings is 1. The predicted octanol–water partition coefficient (Wildman–Crippen LogP) is 11.5. The van der Waals surface area contributed by atoms with E-state index in [0.29, 0.717) is 36.4 Å². The molecule has 0 atom stereocenters.